The fourth-order valence-corrected chi connectivity index (χ4v) is 4.47. The summed E-state index contributed by atoms with van der Waals surface area (Å²) < 4.78 is 3.27. The van der Waals surface area contributed by atoms with Gasteiger partial charge in [0.05, 0.1) is 6.04 Å². The third kappa shape index (κ3) is 3.87. The lowest BCUT2D eigenvalue weighted by Gasteiger charge is -2.39. The van der Waals surface area contributed by atoms with Gasteiger partial charge in [0.15, 0.2) is 5.11 Å². The number of thiocarbonyl (C=S) groups is 1. The Kier molecular flexibility index (Phi) is 5.46. The van der Waals surface area contributed by atoms with Crippen molar-refractivity contribution in [1.82, 2.24) is 9.47 Å². The zero-order chi connectivity index (χ0) is 19.0. The van der Waals surface area contributed by atoms with E-state index in [0.717, 1.165) is 34.5 Å². The van der Waals surface area contributed by atoms with E-state index in [0.29, 0.717) is 15.2 Å². The Morgan fingerprint density at radius 3 is 2.59 bits per heavy atom. The lowest BCUT2D eigenvalue weighted by molar-refractivity contribution is 0.293. The van der Waals surface area contributed by atoms with Gasteiger partial charge < -0.3 is 14.8 Å². The molecule has 138 valence electrons. The smallest absolute Gasteiger partial charge is 0.174 e. The molecule has 1 N–H and O–H groups in total. The molecule has 0 radical (unpaired) electrons. The van der Waals surface area contributed by atoms with E-state index in [4.69, 9.17) is 35.4 Å². The van der Waals surface area contributed by atoms with E-state index in [1.807, 2.05) is 36.4 Å². The largest absolute Gasteiger partial charge is 0.348 e. The van der Waals surface area contributed by atoms with Crippen LogP contribution in [0.1, 0.15) is 17.3 Å². The Balaban J connectivity index is 1.70. The molecule has 7 heteroatoms. The van der Waals surface area contributed by atoms with Crippen LogP contribution in [0.3, 0.4) is 0 Å². The molecule has 3 aromatic rings. The van der Waals surface area contributed by atoms with E-state index in [-0.39, 0.29) is 6.04 Å². The molecule has 0 bridgehead atoms. The summed E-state index contributed by atoms with van der Waals surface area (Å²) in [7, 11) is 0. The lowest BCUT2D eigenvalue weighted by Crippen LogP contribution is -2.44. The summed E-state index contributed by atoms with van der Waals surface area (Å²) in [5, 5.41) is 5.28. The summed E-state index contributed by atoms with van der Waals surface area (Å²) in [4.78, 5) is 2.18. The summed E-state index contributed by atoms with van der Waals surface area (Å²) in [5.74, 6) is 0. The van der Waals surface area contributed by atoms with Crippen molar-refractivity contribution in [2.24, 2.45) is 0 Å². The molecule has 0 saturated carbocycles. The number of aromatic nitrogens is 1. The summed E-state index contributed by atoms with van der Waals surface area (Å²) in [5.41, 5.74) is 3.09. The predicted molar refractivity (Wildman–Crippen MR) is 120 cm³/mol. The van der Waals surface area contributed by atoms with Gasteiger partial charge >= 0.3 is 0 Å². The summed E-state index contributed by atoms with van der Waals surface area (Å²) >= 11 is 21.9. The van der Waals surface area contributed by atoms with Crippen molar-refractivity contribution in [2.45, 2.75) is 12.6 Å². The standard InChI is InChI=1S/C20H16BrCl2N3S/c21-13-3-6-15(7-4-13)24-20(27)26-11-10-25-9-1-2-18(25)19(26)16-8-5-14(22)12-17(16)23/h1-9,12,19H,10-11H2,(H,24,27). The molecular weight excluding hydrogens is 465 g/mol. The molecule has 0 spiro atoms. The lowest BCUT2D eigenvalue weighted by atomic mass is 10.00. The summed E-state index contributed by atoms with van der Waals surface area (Å²) in [6.07, 6.45) is 2.09. The maximum absolute atomic E-state index is 6.55. The maximum Gasteiger partial charge on any atom is 0.174 e. The Morgan fingerprint density at radius 1 is 1.07 bits per heavy atom. The molecule has 4 rings (SSSR count). The second-order valence-corrected chi connectivity index (χ2v) is 8.47. The van der Waals surface area contributed by atoms with Crippen LogP contribution in [0, 0.1) is 0 Å². The molecule has 0 aliphatic carbocycles. The van der Waals surface area contributed by atoms with Gasteiger partial charge in [0.2, 0.25) is 0 Å². The number of nitrogens with zero attached hydrogens (tertiary/aromatic N) is 2. The number of rotatable bonds is 2. The molecule has 27 heavy (non-hydrogen) atoms. The third-order valence-electron chi connectivity index (χ3n) is 4.65. The normalized spacial score (nSPS) is 16.1. The maximum atomic E-state index is 6.55. The Bertz CT molecular complexity index is 987. The monoisotopic (exact) mass is 479 g/mol. The molecule has 2 heterocycles. The number of anilines is 1. The highest BCUT2D eigenvalue weighted by Crippen LogP contribution is 2.37. The second kappa shape index (κ2) is 7.84. The first-order chi connectivity index (χ1) is 13.0. The van der Waals surface area contributed by atoms with Crippen LogP contribution >= 0.6 is 51.3 Å². The van der Waals surface area contributed by atoms with Gasteiger partial charge in [-0.2, -0.15) is 0 Å². The molecule has 0 fully saturated rings. The van der Waals surface area contributed by atoms with Crippen LogP contribution in [-0.4, -0.2) is 21.1 Å². The van der Waals surface area contributed by atoms with Crippen LogP contribution in [0.2, 0.25) is 10.0 Å². The van der Waals surface area contributed by atoms with Crippen molar-refractivity contribution in [3.8, 4) is 0 Å². The number of fused-ring (bicyclic) bond motifs is 1. The zero-order valence-electron chi connectivity index (χ0n) is 14.2. The second-order valence-electron chi connectivity index (χ2n) is 6.33. The van der Waals surface area contributed by atoms with Crippen LogP contribution in [-0.2, 0) is 6.54 Å². The molecular formula is C20H16BrCl2N3S. The fourth-order valence-electron chi connectivity index (χ4n) is 3.38. The number of hydrogen-bond donors (Lipinski definition) is 1. The topological polar surface area (TPSA) is 20.2 Å². The number of halogens is 3. The van der Waals surface area contributed by atoms with Crippen molar-refractivity contribution in [1.29, 1.82) is 0 Å². The summed E-state index contributed by atoms with van der Waals surface area (Å²) in [6, 6.07) is 17.7. The third-order valence-corrected chi connectivity index (χ3v) is 6.08. The molecule has 2 aromatic carbocycles. The average Bonchev–Trinajstić information content (AvgIpc) is 3.12. The minimum absolute atomic E-state index is 0.0750. The number of nitrogens with one attached hydrogen (secondary N) is 1. The molecule has 1 unspecified atom stereocenters. The quantitative estimate of drug-likeness (QED) is 0.431. The first-order valence-electron chi connectivity index (χ1n) is 8.46. The van der Waals surface area contributed by atoms with Crippen molar-refractivity contribution in [2.75, 3.05) is 11.9 Å². The van der Waals surface area contributed by atoms with Crippen molar-refractivity contribution in [3.63, 3.8) is 0 Å². The molecule has 1 aliphatic heterocycles. The molecule has 1 atom stereocenters. The summed E-state index contributed by atoms with van der Waals surface area (Å²) in [6.45, 7) is 1.65. The molecule has 1 aliphatic rings. The van der Waals surface area contributed by atoms with Crippen molar-refractivity contribution >= 4 is 62.1 Å². The van der Waals surface area contributed by atoms with Crippen molar-refractivity contribution in [3.05, 3.63) is 86.6 Å². The Hall–Kier alpha value is -1.53. The first-order valence-corrected chi connectivity index (χ1v) is 10.4. The van der Waals surface area contributed by atoms with Gasteiger partial charge in [-0.05, 0) is 66.3 Å². The van der Waals surface area contributed by atoms with E-state index in [9.17, 15) is 0 Å². The SMILES string of the molecule is S=C(Nc1ccc(Br)cc1)N1CCn2cccc2C1c1ccc(Cl)cc1Cl. The zero-order valence-corrected chi connectivity index (χ0v) is 18.1. The van der Waals surface area contributed by atoms with E-state index in [1.165, 1.54) is 0 Å². The van der Waals surface area contributed by atoms with Crippen LogP contribution in [0.25, 0.3) is 0 Å². The van der Waals surface area contributed by atoms with Gasteiger partial charge in [0, 0.05) is 45.2 Å². The highest BCUT2D eigenvalue weighted by Gasteiger charge is 2.32. The highest BCUT2D eigenvalue weighted by atomic mass is 79.9. The molecule has 0 amide bonds. The van der Waals surface area contributed by atoms with E-state index >= 15 is 0 Å². The highest BCUT2D eigenvalue weighted by molar-refractivity contribution is 9.10. The van der Waals surface area contributed by atoms with Gasteiger partial charge in [0.1, 0.15) is 0 Å². The molecule has 1 aromatic heterocycles. The van der Waals surface area contributed by atoms with Crippen molar-refractivity contribution < 1.29 is 0 Å². The van der Waals surface area contributed by atoms with E-state index < -0.39 is 0 Å². The predicted octanol–water partition coefficient (Wildman–Crippen LogP) is 6.36. The van der Waals surface area contributed by atoms with Gasteiger partial charge in [0.25, 0.3) is 0 Å². The van der Waals surface area contributed by atoms with Gasteiger partial charge in [-0.1, -0.05) is 45.2 Å². The van der Waals surface area contributed by atoms with E-state index in [1.54, 1.807) is 6.07 Å². The average molecular weight is 481 g/mol. The van der Waals surface area contributed by atoms with Crippen LogP contribution in [0.5, 0.6) is 0 Å². The number of hydrogen-bond acceptors (Lipinski definition) is 1. The molecule has 0 saturated heterocycles. The van der Waals surface area contributed by atoms with Gasteiger partial charge in [-0.25, -0.2) is 0 Å². The fraction of sp³-hybridized carbons (Fsp3) is 0.150. The Morgan fingerprint density at radius 2 is 1.85 bits per heavy atom. The molecule has 3 nitrogen and oxygen atoms in total. The minimum Gasteiger partial charge on any atom is -0.348 e. The van der Waals surface area contributed by atoms with E-state index in [2.05, 4.69) is 49.0 Å². The minimum atomic E-state index is -0.0750. The first kappa shape index (κ1) is 18.8. The van der Waals surface area contributed by atoms with Gasteiger partial charge in [-0.3, -0.25) is 0 Å². The van der Waals surface area contributed by atoms with Crippen LogP contribution < -0.4 is 5.32 Å². The van der Waals surface area contributed by atoms with Crippen LogP contribution in [0.15, 0.2) is 65.3 Å². The van der Waals surface area contributed by atoms with Gasteiger partial charge in [-0.15, -0.1) is 0 Å². The van der Waals surface area contributed by atoms with Crippen LogP contribution in [0.4, 0.5) is 5.69 Å². The Labute approximate surface area is 182 Å². The number of benzene rings is 2.